The van der Waals surface area contributed by atoms with Gasteiger partial charge in [-0.2, -0.15) is 4.39 Å². The molecule has 0 heterocycles. The highest BCUT2D eigenvalue weighted by Crippen LogP contribution is 2.27. The average molecular weight is 491 g/mol. The second kappa shape index (κ2) is 18.3. The summed E-state index contributed by atoms with van der Waals surface area (Å²) in [7, 11) is 0. The Bertz CT molecular complexity index is 887. The minimum absolute atomic E-state index is 0.0980. The average Bonchev–Trinajstić information content (AvgIpc) is 2.87. The molecule has 2 nitrogen and oxygen atoms in total. The minimum Gasteiger partial charge on any atom is -0.491 e. The van der Waals surface area contributed by atoms with Crippen LogP contribution in [0.2, 0.25) is 0 Å². The molecule has 0 rings (SSSR count). The van der Waals surface area contributed by atoms with E-state index < -0.39 is 29.3 Å². The molecule has 0 radical (unpaired) electrons. The van der Waals surface area contributed by atoms with Gasteiger partial charge in [-0.15, -0.1) is 13.2 Å². The molecule has 2 unspecified atom stereocenters. The molecular formula is C30H41F3O2. The predicted molar refractivity (Wildman–Crippen MR) is 145 cm³/mol. The lowest BCUT2D eigenvalue weighted by Gasteiger charge is -2.17. The molecule has 0 N–H and O–H groups in total. The summed E-state index contributed by atoms with van der Waals surface area (Å²) in [6.07, 6.45) is 5.14. The van der Waals surface area contributed by atoms with Crippen molar-refractivity contribution in [2.75, 3.05) is 13.2 Å². The van der Waals surface area contributed by atoms with Crippen LogP contribution in [0.4, 0.5) is 13.2 Å². The van der Waals surface area contributed by atoms with E-state index in [-0.39, 0.29) is 28.9 Å². The normalized spacial score (nSPS) is 13.6. The zero-order chi connectivity index (χ0) is 27.7. The number of rotatable bonds is 16. The predicted octanol–water partition coefficient (Wildman–Crippen LogP) is 9.52. The van der Waals surface area contributed by atoms with Gasteiger partial charge in [-0.05, 0) is 42.1 Å². The topological polar surface area (TPSA) is 18.5 Å². The largest absolute Gasteiger partial charge is 0.491 e. The van der Waals surface area contributed by atoms with E-state index in [1.54, 1.807) is 6.92 Å². The van der Waals surface area contributed by atoms with Crippen LogP contribution in [0, 0.1) is 5.92 Å². The Kier molecular flexibility index (Phi) is 17.8. The fourth-order valence-electron chi connectivity index (χ4n) is 2.15. The lowest BCUT2D eigenvalue weighted by molar-refractivity contribution is 0.0642. The van der Waals surface area contributed by atoms with Gasteiger partial charge in [0.05, 0.1) is 12.7 Å². The van der Waals surface area contributed by atoms with Gasteiger partial charge >= 0.3 is 0 Å². The molecule has 0 saturated carbocycles. The van der Waals surface area contributed by atoms with Gasteiger partial charge in [-0.3, -0.25) is 0 Å². The van der Waals surface area contributed by atoms with Gasteiger partial charge in [0.2, 0.25) is 5.83 Å². The number of halogens is 3. The summed E-state index contributed by atoms with van der Waals surface area (Å²) in [6.45, 7) is 36.3. The molecule has 194 valence electrons. The van der Waals surface area contributed by atoms with Crippen molar-refractivity contribution in [3.63, 3.8) is 0 Å². The van der Waals surface area contributed by atoms with E-state index in [9.17, 15) is 13.2 Å². The van der Waals surface area contributed by atoms with Crippen LogP contribution in [-0.2, 0) is 9.47 Å². The van der Waals surface area contributed by atoms with Crippen LogP contribution in [0.1, 0.15) is 40.5 Å². The first-order chi connectivity index (χ1) is 16.4. The van der Waals surface area contributed by atoms with Crippen LogP contribution in [0.25, 0.3) is 0 Å². The van der Waals surface area contributed by atoms with E-state index in [0.717, 1.165) is 6.42 Å². The van der Waals surface area contributed by atoms with E-state index in [2.05, 4.69) is 66.5 Å². The fraction of sp³-hybridized carbons (Fsp3) is 0.333. The third-order valence-electron chi connectivity index (χ3n) is 4.89. The van der Waals surface area contributed by atoms with Crippen LogP contribution >= 0.6 is 0 Å². The van der Waals surface area contributed by atoms with E-state index in [0.29, 0.717) is 24.5 Å². The lowest BCUT2D eigenvalue weighted by Crippen LogP contribution is -2.16. The Labute approximate surface area is 210 Å². The zero-order valence-corrected chi connectivity index (χ0v) is 21.8. The molecule has 0 aromatic carbocycles. The maximum Gasteiger partial charge on any atom is 0.200 e. The highest BCUT2D eigenvalue weighted by molar-refractivity contribution is 5.52. The summed E-state index contributed by atoms with van der Waals surface area (Å²) in [6, 6.07) is 0. The highest BCUT2D eigenvalue weighted by Gasteiger charge is 2.16. The van der Waals surface area contributed by atoms with Crippen molar-refractivity contribution < 1.29 is 22.6 Å². The fourth-order valence-corrected chi connectivity index (χ4v) is 2.15. The highest BCUT2D eigenvalue weighted by atomic mass is 19.2. The Hall–Kier alpha value is -3.05. The molecule has 0 aromatic rings. The van der Waals surface area contributed by atoms with E-state index in [4.69, 9.17) is 9.47 Å². The van der Waals surface area contributed by atoms with Crippen molar-refractivity contribution in [1.29, 1.82) is 0 Å². The van der Waals surface area contributed by atoms with Crippen LogP contribution < -0.4 is 0 Å². The first-order valence-corrected chi connectivity index (χ1v) is 11.4. The first-order valence-electron chi connectivity index (χ1n) is 11.4. The van der Waals surface area contributed by atoms with Crippen molar-refractivity contribution in [1.82, 2.24) is 0 Å². The maximum atomic E-state index is 14.6. The first kappa shape index (κ1) is 34.1. The monoisotopic (exact) mass is 490 g/mol. The molecule has 2 atom stereocenters. The molecule has 5 heteroatoms. The van der Waals surface area contributed by atoms with Crippen LogP contribution in [0.3, 0.4) is 0 Å². The van der Waals surface area contributed by atoms with Gasteiger partial charge in [0, 0.05) is 17.8 Å². The maximum absolute atomic E-state index is 14.6. The van der Waals surface area contributed by atoms with Crippen molar-refractivity contribution in [2.45, 2.75) is 46.6 Å². The van der Waals surface area contributed by atoms with Crippen LogP contribution in [0.15, 0.2) is 122 Å². The molecule has 0 aliphatic heterocycles. The molecule has 0 aliphatic rings. The second-order valence-corrected chi connectivity index (χ2v) is 7.79. The Balaban J connectivity index is 0. The molecule has 35 heavy (non-hydrogen) atoms. The molecule has 0 fully saturated rings. The number of hydrogen-bond donors (Lipinski definition) is 0. The number of hydrogen-bond acceptors (Lipinski definition) is 2. The second-order valence-electron chi connectivity index (χ2n) is 7.79. The molecule has 0 aromatic heterocycles. The summed E-state index contributed by atoms with van der Waals surface area (Å²) in [5.74, 6) is -3.07. The van der Waals surface area contributed by atoms with Gasteiger partial charge < -0.3 is 9.47 Å². The lowest BCUT2D eigenvalue weighted by atomic mass is 10.0. The molecule has 0 saturated heterocycles. The number of ether oxygens (including phenoxy) is 2. The van der Waals surface area contributed by atoms with E-state index >= 15 is 0 Å². The third kappa shape index (κ3) is 12.8. The van der Waals surface area contributed by atoms with Gasteiger partial charge in [-0.1, -0.05) is 78.8 Å². The molecular weight excluding hydrogens is 449 g/mol. The summed E-state index contributed by atoms with van der Waals surface area (Å²) in [5.41, 5.74) is 0.649. The minimum atomic E-state index is -1.24. The number of allylic oxidation sites excluding steroid dienone is 9. The SMILES string of the molecule is C=C.C=C(/C=C\C(=C)C(=C)/C(F)=C(/F)C(=C)OCCC)C(=C)/C=C(/F)C(=C)C(C)OCC(C)CC. The Morgan fingerprint density at radius 1 is 0.829 bits per heavy atom. The standard InChI is InChI=1S/C28H37F3O2.C2H4/c1-11-15-32-25(10)28(31)27(30)22(7)20(5)14-13-19(4)21(6)16-26(29)23(8)24(9)33-17-18(3)12-2;1-2/h13-14,16,18,24H,4-8,10-12,15,17H2,1-3,9H3;1-2H2/b14-13-,26-16+,28-27-;. The van der Waals surface area contributed by atoms with Crippen molar-refractivity contribution in [3.05, 3.63) is 122 Å². The smallest absolute Gasteiger partial charge is 0.200 e. The molecule has 0 spiro atoms. The summed E-state index contributed by atoms with van der Waals surface area (Å²) < 4.78 is 53.6. The molecule has 0 amide bonds. The van der Waals surface area contributed by atoms with Gasteiger partial charge in [0.1, 0.15) is 5.83 Å². The van der Waals surface area contributed by atoms with Gasteiger partial charge in [-0.25, -0.2) is 8.78 Å². The summed E-state index contributed by atoms with van der Waals surface area (Å²) >= 11 is 0. The van der Waals surface area contributed by atoms with Crippen molar-refractivity contribution >= 4 is 0 Å². The Morgan fingerprint density at radius 2 is 1.37 bits per heavy atom. The third-order valence-corrected chi connectivity index (χ3v) is 4.89. The van der Waals surface area contributed by atoms with Gasteiger partial charge in [0.15, 0.2) is 11.6 Å². The van der Waals surface area contributed by atoms with Gasteiger partial charge in [0.25, 0.3) is 0 Å². The summed E-state index contributed by atoms with van der Waals surface area (Å²) in [4.78, 5) is 0. The van der Waals surface area contributed by atoms with Crippen molar-refractivity contribution in [2.24, 2.45) is 5.92 Å². The van der Waals surface area contributed by atoms with E-state index in [1.807, 2.05) is 6.92 Å². The molecule has 0 aliphatic carbocycles. The van der Waals surface area contributed by atoms with Crippen molar-refractivity contribution in [3.8, 4) is 0 Å². The quantitative estimate of drug-likeness (QED) is 0.122. The van der Waals surface area contributed by atoms with Crippen LogP contribution in [-0.4, -0.2) is 19.3 Å². The Morgan fingerprint density at radius 3 is 1.89 bits per heavy atom. The zero-order valence-electron chi connectivity index (χ0n) is 21.8. The summed E-state index contributed by atoms with van der Waals surface area (Å²) in [5, 5.41) is 0. The van der Waals surface area contributed by atoms with Crippen LogP contribution in [0.5, 0.6) is 0 Å². The van der Waals surface area contributed by atoms with E-state index in [1.165, 1.54) is 18.2 Å². The molecule has 0 bridgehead atoms.